The lowest BCUT2D eigenvalue weighted by atomic mass is 10.1. The number of hydrogen-bond donors (Lipinski definition) is 2. The molecule has 0 atom stereocenters. The standard InChI is InChI=1S/C21H22ClN3O2/c1-15(26)25(20-9-5-3-7-18(20)22)13-11-21(27)23-12-10-16-14-24-19-8-4-2-6-17(16)19/h2-9,14,24H,10-13H2,1H3,(H,23,27). The number of carbonyl (C=O) groups excluding carboxylic acids is 2. The lowest BCUT2D eigenvalue weighted by Gasteiger charge is -2.22. The number of nitrogens with one attached hydrogen (secondary N) is 2. The van der Waals surface area contributed by atoms with Crippen molar-refractivity contribution >= 4 is 40.0 Å². The third-order valence-corrected chi connectivity index (χ3v) is 4.80. The van der Waals surface area contributed by atoms with Crippen LogP contribution in [0.25, 0.3) is 10.9 Å². The van der Waals surface area contributed by atoms with Gasteiger partial charge in [0.15, 0.2) is 0 Å². The summed E-state index contributed by atoms with van der Waals surface area (Å²) < 4.78 is 0. The molecule has 3 aromatic rings. The second kappa shape index (κ2) is 8.73. The minimum atomic E-state index is -0.144. The molecule has 0 bridgehead atoms. The Hall–Kier alpha value is -2.79. The van der Waals surface area contributed by atoms with Crippen molar-refractivity contribution in [2.45, 2.75) is 19.8 Å². The second-order valence-corrected chi connectivity index (χ2v) is 6.74. The summed E-state index contributed by atoms with van der Waals surface area (Å²) in [5, 5.41) is 4.59. The van der Waals surface area contributed by atoms with Gasteiger partial charge in [-0.2, -0.15) is 0 Å². The van der Waals surface area contributed by atoms with Gasteiger partial charge in [-0.3, -0.25) is 9.59 Å². The van der Waals surface area contributed by atoms with Gasteiger partial charge < -0.3 is 15.2 Å². The summed E-state index contributed by atoms with van der Waals surface area (Å²) in [4.78, 5) is 28.9. The van der Waals surface area contributed by atoms with Crippen molar-refractivity contribution < 1.29 is 9.59 Å². The zero-order valence-corrected chi connectivity index (χ0v) is 15.9. The largest absolute Gasteiger partial charge is 0.361 e. The van der Waals surface area contributed by atoms with Crippen LogP contribution in [-0.2, 0) is 16.0 Å². The molecule has 1 aromatic heterocycles. The highest BCUT2D eigenvalue weighted by Crippen LogP contribution is 2.25. The van der Waals surface area contributed by atoms with Crippen LogP contribution in [0.1, 0.15) is 18.9 Å². The van der Waals surface area contributed by atoms with Crippen LogP contribution in [-0.4, -0.2) is 29.9 Å². The van der Waals surface area contributed by atoms with Crippen molar-refractivity contribution in [3.63, 3.8) is 0 Å². The van der Waals surface area contributed by atoms with Gasteiger partial charge in [0, 0.05) is 43.5 Å². The van der Waals surface area contributed by atoms with Crippen LogP contribution in [0.4, 0.5) is 5.69 Å². The number of anilines is 1. The van der Waals surface area contributed by atoms with E-state index in [2.05, 4.69) is 16.4 Å². The molecule has 5 nitrogen and oxygen atoms in total. The Morgan fingerprint density at radius 2 is 1.85 bits per heavy atom. The Balaban J connectivity index is 1.51. The fourth-order valence-electron chi connectivity index (χ4n) is 3.09. The summed E-state index contributed by atoms with van der Waals surface area (Å²) in [5.41, 5.74) is 2.89. The number of hydrogen-bond acceptors (Lipinski definition) is 2. The fraction of sp³-hybridized carbons (Fsp3) is 0.238. The number of nitrogens with zero attached hydrogens (tertiary/aromatic N) is 1. The highest BCUT2D eigenvalue weighted by Gasteiger charge is 2.15. The molecule has 27 heavy (non-hydrogen) atoms. The molecule has 0 aliphatic rings. The molecule has 0 unspecified atom stereocenters. The van der Waals surface area contributed by atoms with Crippen LogP contribution < -0.4 is 10.2 Å². The maximum Gasteiger partial charge on any atom is 0.223 e. The van der Waals surface area contributed by atoms with Crippen LogP contribution in [0, 0.1) is 0 Å². The zero-order chi connectivity index (χ0) is 19.2. The van der Waals surface area contributed by atoms with Gasteiger partial charge in [0.25, 0.3) is 0 Å². The van der Waals surface area contributed by atoms with Crippen molar-refractivity contribution in [1.29, 1.82) is 0 Å². The first-order valence-corrected chi connectivity index (χ1v) is 9.28. The first-order valence-electron chi connectivity index (χ1n) is 8.90. The smallest absolute Gasteiger partial charge is 0.223 e. The first-order chi connectivity index (χ1) is 13.1. The van der Waals surface area contributed by atoms with E-state index in [0.29, 0.717) is 17.3 Å². The van der Waals surface area contributed by atoms with Gasteiger partial charge in [-0.05, 0) is 30.2 Å². The predicted molar refractivity (Wildman–Crippen MR) is 109 cm³/mol. The van der Waals surface area contributed by atoms with Crippen LogP contribution in [0.2, 0.25) is 5.02 Å². The fourth-order valence-corrected chi connectivity index (χ4v) is 3.33. The van der Waals surface area contributed by atoms with Gasteiger partial charge in [0.1, 0.15) is 0 Å². The monoisotopic (exact) mass is 383 g/mol. The van der Waals surface area contributed by atoms with Crippen molar-refractivity contribution in [2.75, 3.05) is 18.0 Å². The number of benzene rings is 2. The average molecular weight is 384 g/mol. The molecule has 6 heteroatoms. The molecule has 0 aliphatic carbocycles. The molecule has 140 valence electrons. The zero-order valence-electron chi connectivity index (χ0n) is 15.2. The lowest BCUT2D eigenvalue weighted by molar-refractivity contribution is -0.121. The SMILES string of the molecule is CC(=O)N(CCC(=O)NCCc1c[nH]c2ccccc12)c1ccccc1Cl. The predicted octanol–water partition coefficient (Wildman–Crippen LogP) is 3.92. The Labute approximate surface area is 163 Å². The number of rotatable bonds is 7. The van der Waals surface area contributed by atoms with E-state index in [0.717, 1.165) is 11.9 Å². The normalized spacial score (nSPS) is 10.7. The molecule has 0 aliphatic heterocycles. The van der Waals surface area contributed by atoms with Crippen molar-refractivity contribution in [1.82, 2.24) is 10.3 Å². The number of aromatic nitrogens is 1. The molecule has 2 amide bonds. The number of halogens is 1. The molecule has 0 fully saturated rings. The van der Waals surface area contributed by atoms with Crippen molar-refractivity contribution in [3.8, 4) is 0 Å². The van der Waals surface area contributed by atoms with E-state index in [1.54, 1.807) is 12.1 Å². The number of para-hydroxylation sites is 2. The molecule has 2 N–H and O–H groups in total. The van der Waals surface area contributed by atoms with Gasteiger partial charge in [0.05, 0.1) is 10.7 Å². The molecule has 2 aromatic carbocycles. The summed E-state index contributed by atoms with van der Waals surface area (Å²) in [6.45, 7) is 2.31. The topological polar surface area (TPSA) is 65.2 Å². The van der Waals surface area contributed by atoms with Gasteiger partial charge in [-0.1, -0.05) is 41.9 Å². The highest BCUT2D eigenvalue weighted by molar-refractivity contribution is 6.33. The molecule has 0 spiro atoms. The molecule has 1 heterocycles. The third-order valence-electron chi connectivity index (χ3n) is 4.48. The molecule has 3 rings (SSSR count). The number of amides is 2. The van der Waals surface area contributed by atoms with Gasteiger partial charge in [0.2, 0.25) is 11.8 Å². The highest BCUT2D eigenvalue weighted by atomic mass is 35.5. The summed E-state index contributed by atoms with van der Waals surface area (Å²) in [7, 11) is 0. The summed E-state index contributed by atoms with van der Waals surface area (Å²) in [6, 6.07) is 15.2. The minimum absolute atomic E-state index is 0.0897. The summed E-state index contributed by atoms with van der Waals surface area (Å²) in [6.07, 6.45) is 2.95. The van der Waals surface area contributed by atoms with Crippen molar-refractivity contribution in [2.24, 2.45) is 0 Å². The molecule has 0 saturated heterocycles. The molecule has 0 radical (unpaired) electrons. The van der Waals surface area contributed by atoms with E-state index >= 15 is 0 Å². The maximum atomic E-state index is 12.2. The number of carbonyl (C=O) groups is 2. The number of H-pyrrole nitrogens is 1. The molecule has 0 saturated carbocycles. The maximum absolute atomic E-state index is 12.2. The summed E-state index contributed by atoms with van der Waals surface area (Å²) >= 11 is 6.17. The van der Waals surface area contributed by atoms with Gasteiger partial charge >= 0.3 is 0 Å². The van der Waals surface area contributed by atoms with Crippen molar-refractivity contribution in [3.05, 3.63) is 65.3 Å². The number of aromatic amines is 1. The van der Waals surface area contributed by atoms with E-state index in [9.17, 15) is 9.59 Å². The summed E-state index contributed by atoms with van der Waals surface area (Å²) in [5.74, 6) is -0.233. The molecular weight excluding hydrogens is 362 g/mol. The first kappa shape index (κ1) is 19.0. The second-order valence-electron chi connectivity index (χ2n) is 6.33. The minimum Gasteiger partial charge on any atom is -0.361 e. The Kier molecular flexibility index (Phi) is 6.14. The quantitative estimate of drug-likeness (QED) is 0.649. The Bertz CT molecular complexity index is 951. The van der Waals surface area contributed by atoms with Crippen LogP contribution in [0.3, 0.4) is 0 Å². The Morgan fingerprint density at radius 3 is 2.63 bits per heavy atom. The number of fused-ring (bicyclic) bond motifs is 1. The van der Waals surface area contributed by atoms with E-state index in [4.69, 9.17) is 11.6 Å². The molecular formula is C21H22ClN3O2. The third kappa shape index (κ3) is 4.68. The Morgan fingerprint density at radius 1 is 1.11 bits per heavy atom. The van der Waals surface area contributed by atoms with Gasteiger partial charge in [-0.15, -0.1) is 0 Å². The van der Waals surface area contributed by atoms with E-state index in [-0.39, 0.29) is 24.8 Å². The van der Waals surface area contributed by atoms with Crippen LogP contribution in [0.5, 0.6) is 0 Å². The van der Waals surface area contributed by atoms with Crippen LogP contribution in [0.15, 0.2) is 54.7 Å². The van der Waals surface area contributed by atoms with Crippen LogP contribution >= 0.6 is 11.6 Å². The lowest BCUT2D eigenvalue weighted by Crippen LogP contribution is -2.34. The van der Waals surface area contributed by atoms with Gasteiger partial charge in [-0.25, -0.2) is 0 Å². The van der Waals surface area contributed by atoms with E-state index in [1.165, 1.54) is 22.8 Å². The van der Waals surface area contributed by atoms with E-state index in [1.807, 2.05) is 36.5 Å². The van der Waals surface area contributed by atoms with E-state index < -0.39 is 0 Å². The average Bonchev–Trinajstić information content (AvgIpc) is 3.06.